The number of carbonyl (C=O) groups is 1. The van der Waals surface area contributed by atoms with Crippen LogP contribution in [0.3, 0.4) is 0 Å². The Morgan fingerprint density at radius 2 is 2.21 bits per heavy atom. The Morgan fingerprint density at radius 3 is 3.00 bits per heavy atom. The number of aromatic nitrogens is 2. The van der Waals surface area contributed by atoms with Gasteiger partial charge in [-0.1, -0.05) is 6.07 Å². The van der Waals surface area contributed by atoms with E-state index in [1.807, 2.05) is 24.0 Å². The van der Waals surface area contributed by atoms with Gasteiger partial charge in [0.25, 0.3) is 0 Å². The predicted octanol–water partition coefficient (Wildman–Crippen LogP) is 2.57. The predicted molar refractivity (Wildman–Crippen MR) is 105 cm³/mol. The van der Waals surface area contributed by atoms with Crippen molar-refractivity contribution in [2.75, 3.05) is 33.4 Å². The molecule has 0 radical (unpaired) electrons. The summed E-state index contributed by atoms with van der Waals surface area (Å²) in [6.07, 6.45) is 3.84. The molecule has 1 amide bonds. The number of hydrogen-bond acceptors (Lipinski definition) is 5. The normalized spacial score (nSPS) is 22.1. The van der Waals surface area contributed by atoms with E-state index in [9.17, 15) is 4.79 Å². The molecular formula is C21H29N3O4. The van der Waals surface area contributed by atoms with E-state index in [1.54, 1.807) is 7.11 Å². The molecule has 1 aromatic heterocycles. The van der Waals surface area contributed by atoms with Crippen LogP contribution in [0.1, 0.15) is 37.1 Å². The zero-order chi connectivity index (χ0) is 19.6. The molecule has 7 nitrogen and oxygen atoms in total. The molecule has 2 fully saturated rings. The van der Waals surface area contributed by atoms with Gasteiger partial charge < -0.3 is 24.1 Å². The van der Waals surface area contributed by atoms with Gasteiger partial charge in [-0.05, 0) is 50.3 Å². The first-order chi connectivity index (χ1) is 13.6. The molecule has 152 valence electrons. The van der Waals surface area contributed by atoms with E-state index >= 15 is 0 Å². The lowest BCUT2D eigenvalue weighted by atomic mass is 9.82. The van der Waals surface area contributed by atoms with Crippen molar-refractivity contribution in [3.05, 3.63) is 29.6 Å². The van der Waals surface area contributed by atoms with Gasteiger partial charge in [-0.15, -0.1) is 0 Å². The van der Waals surface area contributed by atoms with E-state index in [0.29, 0.717) is 19.7 Å². The SMILES string of the molecule is CO[C@@H]1CCCOC12CCN(C(=O)COCc1nc3ccc(C)cc3[nH]1)CC2. The number of likely N-dealkylation sites (tertiary alicyclic amines) is 1. The highest BCUT2D eigenvalue weighted by Crippen LogP contribution is 2.36. The van der Waals surface area contributed by atoms with Crippen LogP contribution in [-0.4, -0.2) is 65.9 Å². The van der Waals surface area contributed by atoms with Gasteiger partial charge in [0.05, 0.1) is 22.7 Å². The summed E-state index contributed by atoms with van der Waals surface area (Å²) in [5, 5.41) is 0. The van der Waals surface area contributed by atoms with Crippen LogP contribution < -0.4 is 0 Å². The number of benzene rings is 1. The largest absolute Gasteiger partial charge is 0.378 e. The minimum Gasteiger partial charge on any atom is -0.378 e. The van der Waals surface area contributed by atoms with Gasteiger partial charge in [-0.25, -0.2) is 4.98 Å². The van der Waals surface area contributed by atoms with Crippen LogP contribution >= 0.6 is 0 Å². The minimum atomic E-state index is -0.225. The average Bonchev–Trinajstić information content (AvgIpc) is 3.10. The van der Waals surface area contributed by atoms with Crippen LogP contribution in [0.25, 0.3) is 11.0 Å². The Labute approximate surface area is 165 Å². The summed E-state index contributed by atoms with van der Waals surface area (Å²) in [6, 6.07) is 6.08. The summed E-state index contributed by atoms with van der Waals surface area (Å²) in [4.78, 5) is 22.1. The molecule has 0 saturated carbocycles. The highest BCUT2D eigenvalue weighted by Gasteiger charge is 2.45. The second-order valence-corrected chi connectivity index (χ2v) is 7.86. The fraction of sp³-hybridized carbons (Fsp3) is 0.619. The Bertz CT molecular complexity index is 826. The van der Waals surface area contributed by atoms with E-state index in [4.69, 9.17) is 14.2 Å². The molecule has 2 aliphatic heterocycles. The highest BCUT2D eigenvalue weighted by atomic mass is 16.5. The molecule has 7 heteroatoms. The lowest BCUT2D eigenvalue weighted by Crippen LogP contribution is -2.57. The van der Waals surface area contributed by atoms with Gasteiger partial charge in [0, 0.05) is 26.8 Å². The Morgan fingerprint density at radius 1 is 1.39 bits per heavy atom. The maximum atomic E-state index is 12.5. The molecular weight excluding hydrogens is 358 g/mol. The van der Waals surface area contributed by atoms with E-state index in [-0.39, 0.29) is 24.2 Å². The fourth-order valence-corrected chi connectivity index (χ4v) is 4.40. The van der Waals surface area contributed by atoms with Crippen molar-refractivity contribution in [3.63, 3.8) is 0 Å². The van der Waals surface area contributed by atoms with Crippen molar-refractivity contribution in [1.29, 1.82) is 0 Å². The smallest absolute Gasteiger partial charge is 0.248 e. The zero-order valence-corrected chi connectivity index (χ0v) is 16.7. The van der Waals surface area contributed by atoms with E-state index in [0.717, 1.165) is 49.1 Å². The molecule has 1 spiro atoms. The maximum Gasteiger partial charge on any atom is 0.248 e. The zero-order valence-electron chi connectivity index (χ0n) is 16.7. The molecule has 1 aromatic carbocycles. The van der Waals surface area contributed by atoms with Crippen LogP contribution in [0.15, 0.2) is 18.2 Å². The summed E-state index contributed by atoms with van der Waals surface area (Å²) >= 11 is 0. The van der Waals surface area contributed by atoms with E-state index in [2.05, 4.69) is 16.0 Å². The number of fused-ring (bicyclic) bond motifs is 1. The van der Waals surface area contributed by atoms with Gasteiger partial charge >= 0.3 is 0 Å². The minimum absolute atomic E-state index is 0.0200. The van der Waals surface area contributed by atoms with Crippen molar-refractivity contribution in [3.8, 4) is 0 Å². The third-order valence-electron chi connectivity index (χ3n) is 5.98. The molecule has 3 heterocycles. The molecule has 0 bridgehead atoms. The number of hydrogen-bond donors (Lipinski definition) is 1. The van der Waals surface area contributed by atoms with E-state index in [1.165, 1.54) is 5.56 Å². The molecule has 0 unspecified atom stereocenters. The van der Waals surface area contributed by atoms with Gasteiger partial charge in [0.15, 0.2) is 0 Å². The maximum absolute atomic E-state index is 12.5. The third-order valence-corrected chi connectivity index (χ3v) is 5.98. The van der Waals surface area contributed by atoms with Crippen molar-refractivity contribution < 1.29 is 19.0 Å². The first-order valence-corrected chi connectivity index (χ1v) is 10.1. The number of aryl methyl sites for hydroxylation is 1. The molecule has 2 aliphatic rings. The number of H-pyrrole nitrogens is 1. The Hall–Kier alpha value is -1.96. The fourth-order valence-electron chi connectivity index (χ4n) is 4.40. The molecule has 0 aliphatic carbocycles. The third kappa shape index (κ3) is 3.92. The number of ether oxygens (including phenoxy) is 3. The number of imidazole rings is 1. The van der Waals surface area contributed by atoms with Crippen LogP contribution in [0, 0.1) is 6.92 Å². The number of amides is 1. The number of rotatable bonds is 5. The van der Waals surface area contributed by atoms with Crippen LogP contribution in [0.4, 0.5) is 0 Å². The summed E-state index contributed by atoms with van der Waals surface area (Å²) in [7, 11) is 1.76. The average molecular weight is 387 g/mol. The topological polar surface area (TPSA) is 76.7 Å². The summed E-state index contributed by atoms with van der Waals surface area (Å²) in [5.41, 5.74) is 2.86. The molecule has 1 atom stereocenters. The van der Waals surface area contributed by atoms with Gasteiger partial charge in [-0.3, -0.25) is 4.79 Å². The number of nitrogens with one attached hydrogen (secondary N) is 1. The van der Waals surface area contributed by atoms with Crippen molar-refractivity contribution >= 4 is 16.9 Å². The van der Waals surface area contributed by atoms with Crippen molar-refractivity contribution in [2.24, 2.45) is 0 Å². The Balaban J connectivity index is 1.26. The van der Waals surface area contributed by atoms with Gasteiger partial charge in [0.1, 0.15) is 19.0 Å². The number of nitrogens with zero attached hydrogens (tertiary/aromatic N) is 2. The monoisotopic (exact) mass is 387 g/mol. The number of aromatic amines is 1. The first kappa shape index (κ1) is 19.4. The standard InChI is InChI=1S/C21H29N3O4/c1-15-5-6-16-17(12-15)23-19(22-16)13-27-14-20(25)24-9-7-21(8-10-24)18(26-2)4-3-11-28-21/h5-6,12,18H,3-4,7-11,13-14H2,1-2H3,(H,22,23)/t18-/m1/s1. The summed E-state index contributed by atoms with van der Waals surface area (Å²) in [6.45, 7) is 4.57. The highest BCUT2D eigenvalue weighted by molar-refractivity contribution is 5.77. The van der Waals surface area contributed by atoms with Crippen LogP contribution in [0.5, 0.6) is 0 Å². The molecule has 1 N–H and O–H groups in total. The molecule has 28 heavy (non-hydrogen) atoms. The van der Waals surface area contributed by atoms with Gasteiger partial charge in [-0.2, -0.15) is 0 Å². The molecule has 2 saturated heterocycles. The number of piperidine rings is 1. The van der Waals surface area contributed by atoms with Crippen LogP contribution in [-0.2, 0) is 25.6 Å². The van der Waals surface area contributed by atoms with Crippen molar-refractivity contribution in [2.45, 2.75) is 50.9 Å². The first-order valence-electron chi connectivity index (χ1n) is 10.1. The second-order valence-electron chi connectivity index (χ2n) is 7.86. The summed E-state index contributed by atoms with van der Waals surface area (Å²) < 4.78 is 17.4. The Kier molecular flexibility index (Phi) is 5.66. The quantitative estimate of drug-likeness (QED) is 0.853. The van der Waals surface area contributed by atoms with Crippen LogP contribution in [0.2, 0.25) is 0 Å². The second kappa shape index (κ2) is 8.19. The van der Waals surface area contributed by atoms with E-state index < -0.39 is 0 Å². The van der Waals surface area contributed by atoms with Gasteiger partial charge in [0.2, 0.25) is 5.91 Å². The van der Waals surface area contributed by atoms with Crippen molar-refractivity contribution in [1.82, 2.24) is 14.9 Å². The number of methoxy groups -OCH3 is 1. The number of carbonyl (C=O) groups excluding carboxylic acids is 1. The lowest BCUT2D eigenvalue weighted by Gasteiger charge is -2.48. The molecule has 2 aromatic rings. The molecule has 4 rings (SSSR count). The summed E-state index contributed by atoms with van der Waals surface area (Å²) in [5.74, 6) is 0.760. The lowest BCUT2D eigenvalue weighted by molar-refractivity contribution is -0.188.